The van der Waals surface area contributed by atoms with E-state index in [0.717, 1.165) is 40.9 Å². The third-order valence-electron chi connectivity index (χ3n) is 3.23. The number of ether oxygens (including phenoxy) is 1. The molecule has 0 unspecified atom stereocenters. The van der Waals surface area contributed by atoms with Crippen LogP contribution >= 0.6 is 0 Å². The molecule has 3 nitrogen and oxygen atoms in total. The Morgan fingerprint density at radius 2 is 2.06 bits per heavy atom. The van der Waals surface area contributed by atoms with Crippen LogP contribution in [0.5, 0.6) is 5.75 Å². The molecule has 0 amide bonds. The van der Waals surface area contributed by atoms with Crippen LogP contribution in [-0.4, -0.2) is 18.2 Å². The summed E-state index contributed by atoms with van der Waals surface area (Å²) >= 11 is 0. The highest BCUT2D eigenvalue weighted by atomic mass is 16.5. The number of carbonyl (C=O) groups is 1. The van der Waals surface area contributed by atoms with Gasteiger partial charge in [-0.2, -0.15) is 0 Å². The molecule has 1 aliphatic rings. The largest absolute Gasteiger partial charge is 0.496 e. The summed E-state index contributed by atoms with van der Waals surface area (Å²) in [6.07, 6.45) is 3.46. The molecule has 2 rings (SSSR count). The molecular weight excluding hydrogens is 228 g/mol. The van der Waals surface area contributed by atoms with Crippen molar-refractivity contribution in [2.75, 3.05) is 7.11 Å². The standard InChI is InChI=1S/C15H18O3/c1-9-6-10(2)15(18-3)13(7-9)12(8-14(16)17)11-4-5-11/h6-8,11H,4-5H2,1-3H3,(H,16,17)/b12-8+. The van der Waals surface area contributed by atoms with Gasteiger partial charge in [-0.25, -0.2) is 4.79 Å². The second-order valence-corrected chi connectivity index (χ2v) is 4.87. The average molecular weight is 246 g/mol. The van der Waals surface area contributed by atoms with E-state index in [1.54, 1.807) is 7.11 Å². The van der Waals surface area contributed by atoms with Gasteiger partial charge in [0.15, 0.2) is 0 Å². The van der Waals surface area contributed by atoms with Gasteiger partial charge in [0.25, 0.3) is 0 Å². The summed E-state index contributed by atoms with van der Waals surface area (Å²) in [6.45, 7) is 4.00. The first-order chi connectivity index (χ1) is 8.52. The maximum Gasteiger partial charge on any atom is 0.328 e. The molecule has 0 radical (unpaired) electrons. The van der Waals surface area contributed by atoms with Crippen molar-refractivity contribution < 1.29 is 14.6 Å². The molecule has 0 aliphatic heterocycles. The molecule has 1 aliphatic carbocycles. The van der Waals surface area contributed by atoms with E-state index in [-0.39, 0.29) is 0 Å². The first-order valence-corrected chi connectivity index (χ1v) is 6.13. The Hall–Kier alpha value is -1.77. The molecule has 0 saturated heterocycles. The number of aryl methyl sites for hydroxylation is 2. The zero-order valence-electron chi connectivity index (χ0n) is 11.0. The SMILES string of the molecule is COc1c(C)cc(C)cc1/C(=C/C(=O)O)C1CC1. The Kier molecular flexibility index (Phi) is 3.41. The van der Waals surface area contributed by atoms with E-state index in [2.05, 4.69) is 0 Å². The topological polar surface area (TPSA) is 46.5 Å². The second-order valence-electron chi connectivity index (χ2n) is 4.87. The maximum absolute atomic E-state index is 11.0. The molecular formula is C15H18O3. The minimum atomic E-state index is -0.891. The summed E-state index contributed by atoms with van der Waals surface area (Å²) in [4.78, 5) is 11.0. The lowest BCUT2D eigenvalue weighted by Gasteiger charge is -2.15. The molecule has 96 valence electrons. The van der Waals surface area contributed by atoms with Crippen LogP contribution in [0.15, 0.2) is 18.2 Å². The van der Waals surface area contributed by atoms with Crippen molar-refractivity contribution in [3.63, 3.8) is 0 Å². The highest BCUT2D eigenvalue weighted by molar-refractivity contribution is 5.92. The van der Waals surface area contributed by atoms with Crippen molar-refractivity contribution in [1.82, 2.24) is 0 Å². The van der Waals surface area contributed by atoms with Gasteiger partial charge < -0.3 is 9.84 Å². The lowest BCUT2D eigenvalue weighted by atomic mass is 9.95. The smallest absolute Gasteiger partial charge is 0.328 e. The minimum Gasteiger partial charge on any atom is -0.496 e. The van der Waals surface area contributed by atoms with Crippen molar-refractivity contribution >= 4 is 11.5 Å². The summed E-state index contributed by atoms with van der Waals surface area (Å²) < 4.78 is 5.44. The third kappa shape index (κ3) is 2.55. The molecule has 0 atom stereocenters. The fourth-order valence-electron chi connectivity index (χ4n) is 2.38. The van der Waals surface area contributed by atoms with Gasteiger partial charge >= 0.3 is 5.97 Å². The Labute approximate surface area is 107 Å². The van der Waals surface area contributed by atoms with Gasteiger partial charge in [-0.05, 0) is 55.4 Å². The second kappa shape index (κ2) is 4.84. The summed E-state index contributed by atoms with van der Waals surface area (Å²) in [6, 6.07) is 4.06. The van der Waals surface area contributed by atoms with Gasteiger partial charge in [-0.3, -0.25) is 0 Å². The lowest BCUT2D eigenvalue weighted by Crippen LogP contribution is -2.00. The molecule has 1 N–H and O–H groups in total. The number of hydrogen-bond acceptors (Lipinski definition) is 2. The molecule has 1 aromatic carbocycles. The van der Waals surface area contributed by atoms with Crippen LogP contribution in [0, 0.1) is 19.8 Å². The molecule has 0 bridgehead atoms. The van der Waals surface area contributed by atoms with Crippen molar-refractivity contribution in [1.29, 1.82) is 0 Å². The summed E-state index contributed by atoms with van der Waals surface area (Å²) in [7, 11) is 1.63. The Morgan fingerprint density at radius 1 is 1.39 bits per heavy atom. The van der Waals surface area contributed by atoms with Gasteiger partial charge in [0.1, 0.15) is 5.75 Å². The van der Waals surface area contributed by atoms with Gasteiger partial charge in [0.05, 0.1) is 7.11 Å². The Bertz CT molecular complexity index is 511. The van der Waals surface area contributed by atoms with E-state index in [1.165, 1.54) is 6.08 Å². The zero-order chi connectivity index (χ0) is 13.3. The Balaban J connectivity index is 2.56. The van der Waals surface area contributed by atoms with Crippen LogP contribution in [0.1, 0.15) is 29.5 Å². The van der Waals surface area contributed by atoms with E-state index >= 15 is 0 Å². The maximum atomic E-state index is 11.0. The van der Waals surface area contributed by atoms with Crippen LogP contribution in [0.25, 0.3) is 5.57 Å². The molecule has 0 spiro atoms. The number of rotatable bonds is 4. The monoisotopic (exact) mass is 246 g/mol. The van der Waals surface area contributed by atoms with Crippen LogP contribution in [-0.2, 0) is 4.79 Å². The first kappa shape index (κ1) is 12.7. The van der Waals surface area contributed by atoms with Crippen molar-refractivity contribution in [3.8, 4) is 5.75 Å². The molecule has 1 saturated carbocycles. The lowest BCUT2D eigenvalue weighted by molar-refractivity contribution is -0.131. The van der Waals surface area contributed by atoms with Crippen LogP contribution in [0.2, 0.25) is 0 Å². The van der Waals surface area contributed by atoms with Gasteiger partial charge in [0.2, 0.25) is 0 Å². The fraction of sp³-hybridized carbons (Fsp3) is 0.400. The van der Waals surface area contributed by atoms with E-state index < -0.39 is 5.97 Å². The minimum absolute atomic E-state index is 0.371. The van der Waals surface area contributed by atoms with Gasteiger partial charge in [-0.1, -0.05) is 6.07 Å². The molecule has 1 aromatic rings. The van der Waals surface area contributed by atoms with Crippen molar-refractivity contribution in [2.45, 2.75) is 26.7 Å². The first-order valence-electron chi connectivity index (χ1n) is 6.13. The van der Waals surface area contributed by atoms with Crippen molar-refractivity contribution in [2.24, 2.45) is 5.92 Å². The summed E-state index contributed by atoms with van der Waals surface area (Å²) in [5.41, 5.74) is 4.00. The number of carboxylic acid groups (broad SMARTS) is 1. The number of benzene rings is 1. The number of carboxylic acids is 1. The van der Waals surface area contributed by atoms with E-state index in [1.807, 2.05) is 26.0 Å². The van der Waals surface area contributed by atoms with E-state index in [4.69, 9.17) is 9.84 Å². The number of hydrogen-bond donors (Lipinski definition) is 1. The predicted molar refractivity (Wildman–Crippen MR) is 70.8 cm³/mol. The Morgan fingerprint density at radius 3 is 2.56 bits per heavy atom. The quantitative estimate of drug-likeness (QED) is 0.830. The van der Waals surface area contributed by atoms with E-state index in [9.17, 15) is 4.79 Å². The number of methoxy groups -OCH3 is 1. The zero-order valence-corrected chi connectivity index (χ0v) is 11.0. The summed E-state index contributed by atoms with van der Waals surface area (Å²) in [5, 5.41) is 9.01. The predicted octanol–water partition coefficient (Wildman–Crippen LogP) is 3.19. The fourth-order valence-corrected chi connectivity index (χ4v) is 2.38. The van der Waals surface area contributed by atoms with Gasteiger partial charge in [0, 0.05) is 11.6 Å². The molecule has 18 heavy (non-hydrogen) atoms. The van der Waals surface area contributed by atoms with Crippen molar-refractivity contribution in [3.05, 3.63) is 34.9 Å². The highest BCUT2D eigenvalue weighted by Gasteiger charge is 2.29. The van der Waals surface area contributed by atoms with Crippen LogP contribution in [0.4, 0.5) is 0 Å². The summed E-state index contributed by atoms with van der Waals surface area (Å²) in [5.74, 6) is 0.273. The molecule has 0 heterocycles. The van der Waals surface area contributed by atoms with E-state index in [0.29, 0.717) is 5.92 Å². The third-order valence-corrected chi connectivity index (χ3v) is 3.23. The molecule has 1 fully saturated rings. The molecule has 0 aromatic heterocycles. The van der Waals surface area contributed by atoms with Crippen LogP contribution < -0.4 is 4.74 Å². The normalized spacial score (nSPS) is 15.6. The molecule has 3 heteroatoms. The highest BCUT2D eigenvalue weighted by Crippen LogP contribution is 2.45. The average Bonchev–Trinajstić information content (AvgIpc) is 3.08. The number of aliphatic carboxylic acids is 1. The number of allylic oxidation sites excluding steroid dienone is 1. The van der Waals surface area contributed by atoms with Crippen LogP contribution in [0.3, 0.4) is 0 Å². The van der Waals surface area contributed by atoms with Gasteiger partial charge in [-0.15, -0.1) is 0 Å².